The monoisotopic (exact) mass is 349 g/mol. The zero-order chi connectivity index (χ0) is 17.3. The van der Waals surface area contributed by atoms with Crippen molar-refractivity contribution in [2.24, 2.45) is 0 Å². The highest BCUT2D eigenvalue weighted by atomic mass is 28.4. The van der Waals surface area contributed by atoms with Crippen LogP contribution in [0, 0.1) is 6.57 Å². The van der Waals surface area contributed by atoms with E-state index < -0.39 is 16.6 Å². The molecule has 0 aliphatic heterocycles. The molecule has 0 spiro atoms. The van der Waals surface area contributed by atoms with Gasteiger partial charge in [-0.05, 0) is 62.2 Å². The summed E-state index contributed by atoms with van der Waals surface area (Å²) in [6, 6.07) is 8.60. The summed E-state index contributed by atoms with van der Waals surface area (Å²) < 4.78 is 12.1. The number of ether oxygens (including phenoxy) is 1. The van der Waals surface area contributed by atoms with Gasteiger partial charge in [0.15, 0.2) is 16.6 Å². The average Bonchev–Trinajstić information content (AvgIpc) is 2.44. The van der Waals surface area contributed by atoms with Crippen molar-refractivity contribution in [3.05, 3.63) is 35.7 Å². The van der Waals surface area contributed by atoms with Crippen LogP contribution in [0.25, 0.3) is 4.85 Å². The molecule has 0 N–H and O–H groups in total. The summed E-state index contributed by atoms with van der Waals surface area (Å²) in [5.41, 5.74) is 0.657. The summed E-state index contributed by atoms with van der Waals surface area (Å²) in [6.07, 6.45) is 4.81. The maximum atomic E-state index is 6.92. The molecule has 0 fully saturated rings. The van der Waals surface area contributed by atoms with E-state index in [2.05, 4.69) is 37.6 Å². The maximum Gasteiger partial charge on any atom is 0.455 e. The Hall–Kier alpha value is -1.10. The first-order chi connectivity index (χ1) is 10.7. The first kappa shape index (κ1) is 19.9. The van der Waals surface area contributed by atoms with Crippen molar-refractivity contribution in [2.45, 2.75) is 64.5 Å². The Kier molecular flexibility index (Phi) is 8.03. The predicted octanol–water partition coefficient (Wildman–Crippen LogP) is 6.23. The van der Waals surface area contributed by atoms with Crippen LogP contribution in [0.5, 0.6) is 5.75 Å². The van der Waals surface area contributed by atoms with Crippen LogP contribution >= 0.6 is 0 Å². The van der Waals surface area contributed by atoms with Gasteiger partial charge in [0.05, 0.1) is 6.61 Å². The van der Waals surface area contributed by atoms with Gasteiger partial charge < -0.3 is 8.85 Å². The fraction of sp³-hybridized carbons (Fsp3) is 0.611. The van der Waals surface area contributed by atoms with E-state index in [-0.39, 0.29) is 0 Å². The Morgan fingerprint density at radius 2 is 1.52 bits per heavy atom. The second-order valence-electron chi connectivity index (χ2n) is 7.59. The van der Waals surface area contributed by atoms with Crippen LogP contribution in [-0.4, -0.2) is 23.2 Å². The lowest BCUT2D eigenvalue weighted by molar-refractivity contribution is 0.305. The largest absolute Gasteiger partial charge is 0.494 e. The van der Waals surface area contributed by atoms with Gasteiger partial charge >= 0.3 is 12.3 Å². The Balaban J connectivity index is 2.10. The normalized spacial score (nSPS) is 12.0. The highest BCUT2D eigenvalue weighted by molar-refractivity contribution is 6.84. The molecule has 127 valence electrons. The topological polar surface area (TPSA) is 22.8 Å². The van der Waals surface area contributed by atoms with Gasteiger partial charge in [0.1, 0.15) is 5.75 Å². The second-order valence-corrected chi connectivity index (χ2v) is 16.7. The van der Waals surface area contributed by atoms with E-state index in [1.54, 1.807) is 12.1 Å². The number of benzene rings is 1. The van der Waals surface area contributed by atoms with Crippen LogP contribution in [0.4, 0.5) is 5.69 Å². The molecule has 1 radical (unpaired) electrons. The molecule has 0 unspecified atom stereocenters. The smallest absolute Gasteiger partial charge is 0.455 e. The highest BCUT2D eigenvalue weighted by Crippen LogP contribution is 2.22. The summed E-state index contributed by atoms with van der Waals surface area (Å²) in [6.45, 7) is 19.2. The predicted molar refractivity (Wildman–Crippen MR) is 103 cm³/mol. The molecule has 0 heterocycles. The van der Waals surface area contributed by atoms with Crippen LogP contribution in [-0.2, 0) is 4.12 Å². The minimum Gasteiger partial charge on any atom is -0.494 e. The molecule has 23 heavy (non-hydrogen) atoms. The molecular weight excluding hydrogens is 318 g/mol. The number of unbranched alkanes of at least 4 members (excludes halogenated alkanes) is 3. The number of hydrogen-bond donors (Lipinski definition) is 0. The Morgan fingerprint density at radius 1 is 0.913 bits per heavy atom. The van der Waals surface area contributed by atoms with E-state index in [4.69, 9.17) is 15.4 Å². The van der Waals surface area contributed by atoms with Gasteiger partial charge in [-0.1, -0.05) is 19.3 Å². The zero-order valence-electron chi connectivity index (χ0n) is 15.3. The summed E-state index contributed by atoms with van der Waals surface area (Å²) in [7, 11) is -2.86. The lowest BCUT2D eigenvalue weighted by Crippen LogP contribution is -2.42. The second kappa shape index (κ2) is 9.26. The van der Waals surface area contributed by atoms with Crippen molar-refractivity contribution < 1.29 is 8.85 Å². The molecule has 0 saturated heterocycles. The molecular formula is C18H31NO2Si2+. The zero-order valence-corrected chi connectivity index (χ0v) is 17.3. The van der Waals surface area contributed by atoms with E-state index in [1.165, 1.54) is 25.3 Å². The third-order valence-electron chi connectivity index (χ3n) is 3.49. The maximum absolute atomic E-state index is 6.92. The Labute approximate surface area is 144 Å². The van der Waals surface area contributed by atoms with Crippen molar-refractivity contribution in [3.63, 3.8) is 0 Å². The minimum absolute atomic E-state index is 0.657. The summed E-state index contributed by atoms with van der Waals surface area (Å²) >= 11 is 0. The van der Waals surface area contributed by atoms with Crippen LogP contribution in [0.1, 0.15) is 25.7 Å². The molecule has 3 nitrogen and oxygen atoms in total. The molecule has 5 heteroatoms. The molecule has 0 saturated carbocycles. The number of rotatable bonds is 10. The van der Waals surface area contributed by atoms with E-state index in [1.807, 2.05) is 12.1 Å². The lowest BCUT2D eigenvalue weighted by atomic mass is 10.2. The molecule has 0 atom stereocenters. The van der Waals surface area contributed by atoms with Gasteiger partial charge in [-0.2, -0.15) is 0 Å². The lowest BCUT2D eigenvalue weighted by Gasteiger charge is -2.31. The van der Waals surface area contributed by atoms with Crippen molar-refractivity contribution in [1.29, 1.82) is 0 Å². The Bertz CT molecular complexity index is 501. The van der Waals surface area contributed by atoms with Crippen LogP contribution in [0.2, 0.25) is 38.8 Å². The van der Waals surface area contributed by atoms with E-state index in [9.17, 15) is 0 Å². The molecule has 0 aliphatic carbocycles. The van der Waals surface area contributed by atoms with Crippen molar-refractivity contribution in [3.8, 4) is 5.75 Å². The molecule has 0 aliphatic rings. The third kappa shape index (κ3) is 9.59. The van der Waals surface area contributed by atoms with Crippen molar-refractivity contribution in [2.75, 3.05) is 6.61 Å². The van der Waals surface area contributed by atoms with Gasteiger partial charge in [0, 0.05) is 12.1 Å². The third-order valence-corrected chi connectivity index (χ3v) is 9.71. The van der Waals surface area contributed by atoms with Gasteiger partial charge in [0.25, 0.3) is 0 Å². The summed E-state index contributed by atoms with van der Waals surface area (Å²) in [4.78, 5) is 3.37. The van der Waals surface area contributed by atoms with Gasteiger partial charge in [0.2, 0.25) is 0 Å². The molecule has 0 amide bonds. The van der Waals surface area contributed by atoms with Crippen LogP contribution < -0.4 is 4.74 Å². The van der Waals surface area contributed by atoms with Gasteiger partial charge in [-0.15, -0.1) is 0 Å². The fourth-order valence-electron chi connectivity index (χ4n) is 2.69. The highest BCUT2D eigenvalue weighted by Gasteiger charge is 2.28. The molecule has 1 aromatic rings. The van der Waals surface area contributed by atoms with Crippen LogP contribution in [0.3, 0.4) is 0 Å². The van der Waals surface area contributed by atoms with E-state index >= 15 is 0 Å². The van der Waals surface area contributed by atoms with Crippen molar-refractivity contribution >= 4 is 22.3 Å². The first-order valence-corrected chi connectivity index (χ1v) is 15.0. The molecule has 0 aromatic heterocycles. The Morgan fingerprint density at radius 3 is 2.09 bits per heavy atom. The molecule has 1 aromatic carbocycles. The van der Waals surface area contributed by atoms with Crippen molar-refractivity contribution in [1.82, 2.24) is 0 Å². The minimum atomic E-state index is -1.46. The van der Waals surface area contributed by atoms with E-state index in [0.717, 1.165) is 18.8 Å². The average molecular weight is 350 g/mol. The van der Waals surface area contributed by atoms with Crippen LogP contribution in [0.15, 0.2) is 24.3 Å². The first-order valence-electron chi connectivity index (χ1n) is 8.52. The summed E-state index contributed by atoms with van der Waals surface area (Å²) in [5, 5.41) is 0. The quantitative estimate of drug-likeness (QED) is 0.369. The fourth-order valence-corrected chi connectivity index (χ4v) is 10.8. The standard InChI is InChI=1S/C18H31NO2Si2/c1-19-17-11-13-18(14-12-17)20-15-9-7-8-10-16-23(5,6)21-22(2,3)4/h11-14H,7-10,15-16H2,2-6H3/q+1. The summed E-state index contributed by atoms with van der Waals surface area (Å²) in [5.74, 6) is 0.856. The van der Waals surface area contributed by atoms with E-state index in [0.29, 0.717) is 5.69 Å². The molecule has 1 rings (SSSR count). The molecule has 0 bridgehead atoms. The number of hydrogen-bond acceptors (Lipinski definition) is 2. The number of nitrogens with zero attached hydrogens (tertiary/aromatic N) is 1. The SMILES string of the molecule is [C]#[N+]c1ccc(OCCCCCC[Si](C)(C)O[Si](C)(C)C)cc1. The van der Waals surface area contributed by atoms with Gasteiger partial charge in [-0.3, -0.25) is 0 Å². The van der Waals surface area contributed by atoms with Gasteiger partial charge in [-0.25, -0.2) is 0 Å².